The van der Waals surface area contributed by atoms with E-state index in [0.29, 0.717) is 16.5 Å². The van der Waals surface area contributed by atoms with Gasteiger partial charge < -0.3 is 15.5 Å². The van der Waals surface area contributed by atoms with E-state index in [9.17, 15) is 9.18 Å². The Morgan fingerprint density at radius 1 is 1.20 bits per heavy atom. The average Bonchev–Trinajstić information content (AvgIpc) is 2.60. The SMILES string of the molecule is [C-]#[N+]c1ccc(NC(=S)N(c2ccc(C(=O)NC(C)(C)C)c(F)c2)C(C)C)cc1C. The minimum Gasteiger partial charge on any atom is -0.347 e. The topological polar surface area (TPSA) is 48.7 Å². The maximum Gasteiger partial charge on any atom is 0.254 e. The summed E-state index contributed by atoms with van der Waals surface area (Å²) in [6.07, 6.45) is 0. The minimum atomic E-state index is -0.611. The molecule has 7 heteroatoms. The van der Waals surface area contributed by atoms with E-state index in [1.807, 2.05) is 47.6 Å². The summed E-state index contributed by atoms with van der Waals surface area (Å²) in [6, 6.07) is 9.78. The van der Waals surface area contributed by atoms with Gasteiger partial charge in [-0.1, -0.05) is 6.07 Å². The molecule has 0 saturated carbocycles. The molecule has 0 spiro atoms. The summed E-state index contributed by atoms with van der Waals surface area (Å²) >= 11 is 5.57. The molecule has 5 nitrogen and oxygen atoms in total. The van der Waals surface area contributed by atoms with Crippen molar-refractivity contribution < 1.29 is 9.18 Å². The van der Waals surface area contributed by atoms with Gasteiger partial charge in [0.15, 0.2) is 10.8 Å². The van der Waals surface area contributed by atoms with Crippen molar-refractivity contribution in [2.45, 2.75) is 53.1 Å². The number of amides is 1. The molecule has 0 bridgehead atoms. The van der Waals surface area contributed by atoms with Gasteiger partial charge in [0, 0.05) is 23.0 Å². The first-order valence-corrected chi connectivity index (χ1v) is 10.0. The highest BCUT2D eigenvalue weighted by Gasteiger charge is 2.22. The summed E-state index contributed by atoms with van der Waals surface area (Å²) < 4.78 is 14.7. The predicted molar refractivity (Wildman–Crippen MR) is 125 cm³/mol. The lowest BCUT2D eigenvalue weighted by atomic mass is 10.1. The Kier molecular flexibility index (Phi) is 7.16. The molecular weight excluding hydrogens is 399 g/mol. The number of carbonyl (C=O) groups is 1. The molecule has 0 atom stereocenters. The number of halogens is 1. The molecule has 0 aliphatic heterocycles. The molecule has 2 aromatic carbocycles. The van der Waals surface area contributed by atoms with Crippen LogP contribution in [0.2, 0.25) is 0 Å². The van der Waals surface area contributed by atoms with Crippen LogP contribution >= 0.6 is 12.2 Å². The number of nitrogens with zero attached hydrogens (tertiary/aromatic N) is 2. The Hall–Kier alpha value is -2.98. The molecule has 2 rings (SSSR count). The third kappa shape index (κ3) is 5.77. The van der Waals surface area contributed by atoms with Crippen molar-refractivity contribution in [2.75, 3.05) is 10.2 Å². The van der Waals surface area contributed by atoms with Crippen molar-refractivity contribution >= 4 is 40.3 Å². The summed E-state index contributed by atoms with van der Waals surface area (Å²) in [6.45, 7) is 18.4. The zero-order chi connectivity index (χ0) is 22.6. The molecule has 0 aliphatic carbocycles. The van der Waals surface area contributed by atoms with Gasteiger partial charge in [-0.15, -0.1) is 0 Å². The van der Waals surface area contributed by atoms with E-state index in [1.165, 1.54) is 12.1 Å². The highest BCUT2D eigenvalue weighted by Crippen LogP contribution is 2.25. The fourth-order valence-corrected chi connectivity index (χ4v) is 3.37. The molecule has 158 valence electrons. The fourth-order valence-electron chi connectivity index (χ4n) is 2.94. The molecule has 0 aliphatic rings. The molecule has 2 N–H and O–H groups in total. The molecule has 0 aromatic heterocycles. The number of hydrogen-bond acceptors (Lipinski definition) is 2. The molecular formula is C23H27FN4OS. The van der Waals surface area contributed by atoms with E-state index in [4.69, 9.17) is 18.8 Å². The third-order valence-corrected chi connectivity index (χ3v) is 4.57. The second kappa shape index (κ2) is 9.23. The summed E-state index contributed by atoms with van der Waals surface area (Å²) in [7, 11) is 0. The van der Waals surface area contributed by atoms with Crippen LogP contribution in [0.1, 0.15) is 50.5 Å². The van der Waals surface area contributed by atoms with E-state index in [0.717, 1.165) is 11.3 Å². The summed E-state index contributed by atoms with van der Waals surface area (Å²) in [5.74, 6) is -1.07. The van der Waals surface area contributed by atoms with Gasteiger partial charge in [-0.2, -0.15) is 0 Å². The second-order valence-corrected chi connectivity index (χ2v) is 8.76. The van der Waals surface area contributed by atoms with E-state index in [-0.39, 0.29) is 11.6 Å². The largest absolute Gasteiger partial charge is 0.347 e. The number of hydrogen-bond donors (Lipinski definition) is 2. The standard InChI is InChI=1S/C23H27FN4OS/c1-14(2)28(22(30)26-16-8-11-20(25-7)15(3)12-16)17-9-10-18(19(24)13-17)21(29)27-23(4,5)6/h8-14H,1-6H3,(H,26,30)(H,27,29). The van der Waals surface area contributed by atoms with E-state index >= 15 is 0 Å². The number of rotatable bonds is 4. The van der Waals surface area contributed by atoms with E-state index in [2.05, 4.69) is 15.5 Å². The van der Waals surface area contributed by atoms with Crippen LogP contribution < -0.4 is 15.5 Å². The van der Waals surface area contributed by atoms with Crippen LogP contribution in [-0.4, -0.2) is 22.6 Å². The minimum absolute atomic E-state index is 0.0124. The zero-order valence-corrected chi connectivity index (χ0v) is 18.9. The van der Waals surface area contributed by atoms with Gasteiger partial charge in [-0.3, -0.25) is 4.79 Å². The van der Waals surface area contributed by atoms with Crippen molar-refractivity contribution in [3.8, 4) is 0 Å². The molecule has 0 saturated heterocycles. The number of nitrogens with one attached hydrogen (secondary N) is 2. The average molecular weight is 427 g/mol. The van der Waals surface area contributed by atoms with Crippen LogP contribution in [0.3, 0.4) is 0 Å². The van der Waals surface area contributed by atoms with Crippen molar-refractivity contribution in [2.24, 2.45) is 0 Å². The molecule has 0 radical (unpaired) electrons. The van der Waals surface area contributed by atoms with Gasteiger partial charge in [0.2, 0.25) is 0 Å². The Morgan fingerprint density at radius 2 is 1.87 bits per heavy atom. The van der Waals surface area contributed by atoms with Crippen molar-refractivity contribution in [3.63, 3.8) is 0 Å². The first-order chi connectivity index (χ1) is 13.9. The summed E-state index contributed by atoms with van der Waals surface area (Å²) in [4.78, 5) is 17.6. The van der Waals surface area contributed by atoms with Crippen LogP contribution in [-0.2, 0) is 0 Å². The van der Waals surface area contributed by atoms with Crippen molar-refractivity contribution in [1.29, 1.82) is 0 Å². The molecule has 2 aromatic rings. The molecule has 0 unspecified atom stereocenters. The van der Waals surface area contributed by atoms with E-state index < -0.39 is 17.3 Å². The van der Waals surface area contributed by atoms with Crippen molar-refractivity contribution in [3.05, 3.63) is 64.8 Å². The van der Waals surface area contributed by atoms with Crippen LogP contribution in [0.5, 0.6) is 0 Å². The number of aryl methyl sites for hydroxylation is 1. The quantitative estimate of drug-likeness (QED) is 0.477. The van der Waals surface area contributed by atoms with Crippen LogP contribution in [0, 0.1) is 19.3 Å². The Balaban J connectivity index is 2.28. The molecule has 1 amide bonds. The summed E-state index contributed by atoms with van der Waals surface area (Å²) in [5.41, 5.74) is 2.24. The molecule has 0 fully saturated rings. The first kappa shape index (κ1) is 23.3. The van der Waals surface area contributed by atoms with Gasteiger partial charge in [0.05, 0.1) is 12.1 Å². The Labute approximate surface area is 183 Å². The summed E-state index contributed by atoms with van der Waals surface area (Å²) in [5, 5.41) is 6.32. The van der Waals surface area contributed by atoms with Gasteiger partial charge in [0.25, 0.3) is 5.91 Å². The predicted octanol–water partition coefficient (Wildman–Crippen LogP) is 5.83. The van der Waals surface area contributed by atoms with Gasteiger partial charge >= 0.3 is 0 Å². The van der Waals surface area contributed by atoms with Crippen LogP contribution in [0.4, 0.5) is 21.5 Å². The maximum absolute atomic E-state index is 14.7. The maximum atomic E-state index is 14.7. The van der Waals surface area contributed by atoms with Crippen molar-refractivity contribution in [1.82, 2.24) is 5.32 Å². The monoisotopic (exact) mass is 426 g/mol. The number of thiocarbonyl (C=S) groups is 1. The van der Waals surface area contributed by atoms with Crippen LogP contribution in [0.15, 0.2) is 36.4 Å². The smallest absolute Gasteiger partial charge is 0.254 e. The lowest BCUT2D eigenvalue weighted by Crippen LogP contribution is -2.41. The highest BCUT2D eigenvalue weighted by molar-refractivity contribution is 7.80. The normalized spacial score (nSPS) is 11.0. The lowest BCUT2D eigenvalue weighted by molar-refractivity contribution is 0.0915. The first-order valence-electron chi connectivity index (χ1n) is 9.63. The number of benzene rings is 2. The van der Waals surface area contributed by atoms with Gasteiger partial charge in [-0.25, -0.2) is 9.24 Å². The van der Waals surface area contributed by atoms with Gasteiger partial charge in [-0.05, 0) is 89.7 Å². The second-order valence-electron chi connectivity index (χ2n) is 8.38. The Bertz CT molecular complexity index is 1010. The van der Waals surface area contributed by atoms with E-state index in [1.54, 1.807) is 23.1 Å². The third-order valence-electron chi connectivity index (χ3n) is 4.27. The molecule has 30 heavy (non-hydrogen) atoms. The number of anilines is 2. The fraction of sp³-hybridized carbons (Fsp3) is 0.348. The molecule has 0 heterocycles. The number of carbonyl (C=O) groups excluding carboxylic acids is 1. The van der Waals surface area contributed by atoms with Crippen LogP contribution in [0.25, 0.3) is 4.85 Å². The highest BCUT2D eigenvalue weighted by atomic mass is 32.1. The zero-order valence-electron chi connectivity index (χ0n) is 18.1. The Morgan fingerprint density at radius 3 is 2.37 bits per heavy atom. The lowest BCUT2D eigenvalue weighted by Gasteiger charge is -2.30. The van der Waals surface area contributed by atoms with Gasteiger partial charge in [0.1, 0.15) is 5.82 Å².